The summed E-state index contributed by atoms with van der Waals surface area (Å²) in [7, 11) is 0. The van der Waals surface area contributed by atoms with Gasteiger partial charge in [-0.25, -0.2) is 8.78 Å². The Bertz CT molecular complexity index is 335. The molecule has 0 amide bonds. The molecule has 0 saturated carbocycles. The second kappa shape index (κ2) is 8.83. The van der Waals surface area contributed by atoms with E-state index in [4.69, 9.17) is 9.47 Å². The standard InChI is InChI=1S/C13H19F2NO2/c1-2-16-9-11-4-3-5-12(8-11)18-7-6-17-10-13(14)15/h3-5,8,13,16H,2,6-7,9-10H2,1H3. The molecule has 0 aliphatic rings. The highest BCUT2D eigenvalue weighted by atomic mass is 19.3. The minimum absolute atomic E-state index is 0.168. The van der Waals surface area contributed by atoms with E-state index in [-0.39, 0.29) is 13.2 Å². The van der Waals surface area contributed by atoms with Gasteiger partial charge in [-0.15, -0.1) is 0 Å². The molecule has 1 aromatic rings. The Morgan fingerprint density at radius 1 is 1.28 bits per heavy atom. The quantitative estimate of drug-likeness (QED) is 0.691. The summed E-state index contributed by atoms with van der Waals surface area (Å²) in [6, 6.07) is 7.67. The van der Waals surface area contributed by atoms with Crippen LogP contribution in [0, 0.1) is 0 Å². The van der Waals surface area contributed by atoms with Crippen molar-refractivity contribution in [3.8, 4) is 5.75 Å². The number of ether oxygens (including phenoxy) is 2. The van der Waals surface area contributed by atoms with Gasteiger partial charge in [0.25, 0.3) is 6.43 Å². The zero-order valence-corrected chi connectivity index (χ0v) is 10.5. The summed E-state index contributed by atoms with van der Waals surface area (Å²) in [5.74, 6) is 0.728. The van der Waals surface area contributed by atoms with E-state index in [2.05, 4.69) is 5.32 Å². The molecule has 1 N–H and O–H groups in total. The maximum atomic E-state index is 11.8. The van der Waals surface area contributed by atoms with Crippen molar-refractivity contribution in [2.24, 2.45) is 0 Å². The minimum Gasteiger partial charge on any atom is -0.491 e. The molecule has 18 heavy (non-hydrogen) atoms. The van der Waals surface area contributed by atoms with Crippen LogP contribution in [0.2, 0.25) is 0 Å². The van der Waals surface area contributed by atoms with E-state index in [1.165, 1.54) is 0 Å². The summed E-state index contributed by atoms with van der Waals surface area (Å²) in [6.07, 6.45) is -2.42. The van der Waals surface area contributed by atoms with Crippen LogP contribution in [0.5, 0.6) is 5.75 Å². The van der Waals surface area contributed by atoms with E-state index in [9.17, 15) is 8.78 Å². The Hall–Kier alpha value is -1.20. The summed E-state index contributed by atoms with van der Waals surface area (Å²) in [5, 5.41) is 3.22. The molecule has 0 bridgehead atoms. The Labute approximate surface area is 106 Å². The monoisotopic (exact) mass is 259 g/mol. The highest BCUT2D eigenvalue weighted by molar-refractivity contribution is 5.28. The van der Waals surface area contributed by atoms with E-state index >= 15 is 0 Å². The maximum absolute atomic E-state index is 11.8. The van der Waals surface area contributed by atoms with E-state index in [0.717, 1.165) is 24.4 Å². The average molecular weight is 259 g/mol. The largest absolute Gasteiger partial charge is 0.491 e. The number of hydrogen-bond donors (Lipinski definition) is 1. The third-order valence-corrected chi connectivity index (χ3v) is 2.22. The van der Waals surface area contributed by atoms with Crippen molar-refractivity contribution in [3.05, 3.63) is 29.8 Å². The molecule has 3 nitrogen and oxygen atoms in total. The van der Waals surface area contributed by atoms with Crippen LogP contribution in [0.3, 0.4) is 0 Å². The Kier molecular flexibility index (Phi) is 7.29. The van der Waals surface area contributed by atoms with Crippen molar-refractivity contribution < 1.29 is 18.3 Å². The molecule has 0 radical (unpaired) electrons. The fourth-order valence-corrected chi connectivity index (χ4v) is 1.41. The van der Waals surface area contributed by atoms with Gasteiger partial charge in [-0.3, -0.25) is 0 Å². The van der Waals surface area contributed by atoms with Gasteiger partial charge >= 0.3 is 0 Å². The summed E-state index contributed by atoms with van der Waals surface area (Å²) in [6.45, 7) is 3.64. The summed E-state index contributed by atoms with van der Waals surface area (Å²) < 4.78 is 33.7. The Morgan fingerprint density at radius 2 is 2.11 bits per heavy atom. The normalized spacial score (nSPS) is 10.9. The van der Waals surface area contributed by atoms with Crippen LogP contribution in [0.4, 0.5) is 8.78 Å². The molecule has 0 saturated heterocycles. The van der Waals surface area contributed by atoms with Crippen LogP contribution in [-0.4, -0.2) is 32.8 Å². The van der Waals surface area contributed by atoms with Gasteiger partial charge in [0, 0.05) is 6.54 Å². The first-order valence-corrected chi connectivity index (χ1v) is 6.00. The zero-order chi connectivity index (χ0) is 13.2. The van der Waals surface area contributed by atoms with Crippen LogP contribution in [0.1, 0.15) is 12.5 Å². The molecular formula is C13H19F2NO2. The highest BCUT2D eigenvalue weighted by Gasteiger charge is 2.01. The number of rotatable bonds is 9. The van der Waals surface area contributed by atoms with Gasteiger partial charge in [-0.05, 0) is 24.2 Å². The second-order valence-electron chi connectivity index (χ2n) is 3.74. The van der Waals surface area contributed by atoms with Crippen LogP contribution in [0.25, 0.3) is 0 Å². The predicted octanol–water partition coefficient (Wildman–Crippen LogP) is 2.46. The molecule has 0 heterocycles. The molecular weight excluding hydrogens is 240 g/mol. The minimum atomic E-state index is -2.42. The molecule has 0 spiro atoms. The van der Waals surface area contributed by atoms with Gasteiger partial charge in [-0.2, -0.15) is 0 Å². The first-order chi connectivity index (χ1) is 8.72. The predicted molar refractivity (Wildman–Crippen MR) is 66.1 cm³/mol. The van der Waals surface area contributed by atoms with E-state index < -0.39 is 13.0 Å². The van der Waals surface area contributed by atoms with Gasteiger partial charge in [-0.1, -0.05) is 19.1 Å². The van der Waals surface area contributed by atoms with Crippen LogP contribution in [0.15, 0.2) is 24.3 Å². The van der Waals surface area contributed by atoms with Crippen molar-refractivity contribution in [1.29, 1.82) is 0 Å². The molecule has 0 aliphatic heterocycles. The molecule has 0 unspecified atom stereocenters. The molecule has 102 valence electrons. The summed E-state index contributed by atoms with van der Waals surface area (Å²) >= 11 is 0. The topological polar surface area (TPSA) is 30.5 Å². The van der Waals surface area contributed by atoms with Crippen LogP contribution in [-0.2, 0) is 11.3 Å². The smallest absolute Gasteiger partial charge is 0.261 e. The first kappa shape index (κ1) is 14.9. The van der Waals surface area contributed by atoms with Crippen LogP contribution < -0.4 is 10.1 Å². The Balaban J connectivity index is 2.24. The average Bonchev–Trinajstić information content (AvgIpc) is 2.36. The fourth-order valence-electron chi connectivity index (χ4n) is 1.41. The maximum Gasteiger partial charge on any atom is 0.261 e. The van der Waals surface area contributed by atoms with Crippen molar-refractivity contribution in [2.75, 3.05) is 26.4 Å². The molecule has 1 rings (SSSR count). The molecule has 0 aliphatic carbocycles. The van der Waals surface area contributed by atoms with Gasteiger partial charge in [0.2, 0.25) is 0 Å². The van der Waals surface area contributed by atoms with E-state index in [0.29, 0.717) is 0 Å². The highest BCUT2D eigenvalue weighted by Crippen LogP contribution is 2.13. The third-order valence-electron chi connectivity index (χ3n) is 2.22. The lowest BCUT2D eigenvalue weighted by Crippen LogP contribution is -2.13. The lowest BCUT2D eigenvalue weighted by Gasteiger charge is -2.08. The number of alkyl halides is 2. The Morgan fingerprint density at radius 3 is 2.83 bits per heavy atom. The van der Waals surface area contributed by atoms with Crippen molar-refractivity contribution in [1.82, 2.24) is 5.32 Å². The fraction of sp³-hybridized carbons (Fsp3) is 0.538. The first-order valence-electron chi connectivity index (χ1n) is 6.00. The third kappa shape index (κ3) is 6.51. The zero-order valence-electron chi connectivity index (χ0n) is 10.5. The van der Waals surface area contributed by atoms with Crippen molar-refractivity contribution >= 4 is 0 Å². The molecule has 0 fully saturated rings. The number of hydrogen-bond acceptors (Lipinski definition) is 3. The lowest BCUT2D eigenvalue weighted by molar-refractivity contribution is 0.00763. The number of nitrogens with one attached hydrogen (secondary N) is 1. The summed E-state index contributed by atoms with van der Waals surface area (Å²) in [5.41, 5.74) is 1.13. The van der Waals surface area contributed by atoms with Gasteiger partial charge in [0.1, 0.15) is 19.0 Å². The summed E-state index contributed by atoms with van der Waals surface area (Å²) in [4.78, 5) is 0. The van der Waals surface area contributed by atoms with Gasteiger partial charge < -0.3 is 14.8 Å². The van der Waals surface area contributed by atoms with E-state index in [1.807, 2.05) is 31.2 Å². The molecule has 0 aromatic heterocycles. The SMILES string of the molecule is CCNCc1cccc(OCCOCC(F)F)c1. The number of halogens is 2. The molecule has 0 atom stereocenters. The van der Waals surface area contributed by atoms with E-state index in [1.54, 1.807) is 0 Å². The lowest BCUT2D eigenvalue weighted by atomic mass is 10.2. The number of benzene rings is 1. The molecule has 5 heteroatoms. The van der Waals surface area contributed by atoms with Gasteiger partial charge in [0.15, 0.2) is 0 Å². The second-order valence-corrected chi connectivity index (χ2v) is 3.74. The van der Waals surface area contributed by atoms with Crippen molar-refractivity contribution in [2.45, 2.75) is 19.9 Å². The molecule has 1 aromatic carbocycles. The van der Waals surface area contributed by atoms with Gasteiger partial charge in [0.05, 0.1) is 6.61 Å². The van der Waals surface area contributed by atoms with Crippen molar-refractivity contribution in [3.63, 3.8) is 0 Å². The van der Waals surface area contributed by atoms with Crippen LogP contribution >= 0.6 is 0 Å².